The number of halogens is 2. The van der Waals surface area contributed by atoms with Crippen molar-refractivity contribution in [3.63, 3.8) is 0 Å². The first-order valence-corrected chi connectivity index (χ1v) is 8.38. The van der Waals surface area contributed by atoms with Crippen molar-refractivity contribution in [2.75, 3.05) is 5.32 Å². The molecule has 0 bridgehead atoms. The molecule has 0 atom stereocenters. The Morgan fingerprint density at radius 2 is 2.05 bits per heavy atom. The monoisotopic (exact) mass is 413 g/mol. The Bertz CT molecular complexity index is 684. The normalized spacial score (nSPS) is 15.4. The predicted octanol–water partition coefficient (Wildman–Crippen LogP) is 5.27. The van der Waals surface area contributed by atoms with Gasteiger partial charge in [0.2, 0.25) is 0 Å². The molecule has 1 aliphatic heterocycles. The quantitative estimate of drug-likeness (QED) is 0.692. The molecule has 2 aromatic carbocycles. The highest BCUT2D eigenvalue weighted by molar-refractivity contribution is 14.1. The van der Waals surface area contributed by atoms with Gasteiger partial charge in [-0.15, -0.1) is 0 Å². The largest absolute Gasteiger partial charge is 0.487 e. The van der Waals surface area contributed by atoms with Crippen LogP contribution in [0.1, 0.15) is 25.0 Å². The molecule has 0 aliphatic carbocycles. The van der Waals surface area contributed by atoms with E-state index >= 15 is 0 Å². The van der Waals surface area contributed by atoms with E-state index in [4.69, 9.17) is 16.3 Å². The van der Waals surface area contributed by atoms with Gasteiger partial charge in [-0.2, -0.15) is 0 Å². The van der Waals surface area contributed by atoms with Gasteiger partial charge in [0.15, 0.2) is 0 Å². The molecule has 0 unspecified atom stereocenters. The van der Waals surface area contributed by atoms with E-state index < -0.39 is 0 Å². The van der Waals surface area contributed by atoms with Crippen LogP contribution >= 0.6 is 34.2 Å². The van der Waals surface area contributed by atoms with Crippen LogP contribution in [0.4, 0.5) is 5.69 Å². The van der Waals surface area contributed by atoms with Crippen molar-refractivity contribution >= 4 is 39.9 Å². The highest BCUT2D eigenvalue weighted by Crippen LogP contribution is 2.35. The number of rotatable bonds is 3. The summed E-state index contributed by atoms with van der Waals surface area (Å²) >= 11 is 8.50. The minimum atomic E-state index is -0.0895. The molecule has 2 nitrogen and oxygen atoms in total. The maximum Gasteiger partial charge on any atom is 0.123 e. The van der Waals surface area contributed by atoms with E-state index in [0.717, 1.165) is 33.0 Å². The van der Waals surface area contributed by atoms with E-state index in [2.05, 4.69) is 60.0 Å². The van der Waals surface area contributed by atoms with E-state index in [0.29, 0.717) is 0 Å². The van der Waals surface area contributed by atoms with Gasteiger partial charge in [-0.25, -0.2) is 0 Å². The molecule has 0 radical (unpaired) electrons. The number of ether oxygens (including phenoxy) is 1. The number of fused-ring (bicyclic) bond motifs is 1. The van der Waals surface area contributed by atoms with Crippen molar-refractivity contribution in [2.45, 2.75) is 32.4 Å². The summed E-state index contributed by atoms with van der Waals surface area (Å²) in [5.41, 5.74) is 3.40. The van der Waals surface area contributed by atoms with Gasteiger partial charge in [0.05, 0.1) is 10.7 Å². The van der Waals surface area contributed by atoms with Crippen molar-refractivity contribution in [3.8, 4) is 5.75 Å². The van der Waals surface area contributed by atoms with Crippen LogP contribution < -0.4 is 10.1 Å². The summed E-state index contributed by atoms with van der Waals surface area (Å²) in [5, 5.41) is 4.15. The Morgan fingerprint density at radius 3 is 2.81 bits per heavy atom. The van der Waals surface area contributed by atoms with Crippen LogP contribution in [-0.4, -0.2) is 5.60 Å². The van der Waals surface area contributed by atoms with E-state index in [1.807, 2.05) is 18.2 Å². The number of anilines is 1. The van der Waals surface area contributed by atoms with Crippen LogP contribution in [0.2, 0.25) is 5.02 Å². The van der Waals surface area contributed by atoms with Crippen LogP contribution in [0.5, 0.6) is 5.75 Å². The van der Waals surface area contributed by atoms with Crippen LogP contribution in [0.25, 0.3) is 0 Å². The summed E-state index contributed by atoms with van der Waals surface area (Å²) in [6.07, 6.45) is 0.959. The molecular formula is C17H17ClINO. The van der Waals surface area contributed by atoms with Crippen molar-refractivity contribution < 1.29 is 4.74 Å². The molecule has 0 spiro atoms. The van der Waals surface area contributed by atoms with Gasteiger partial charge in [-0.05, 0) is 71.8 Å². The standard InChI is InChI=1S/C17H17ClINO/c1-17(2)9-12-7-11(3-6-16(12)21-17)10-20-15-5-4-13(19)8-14(15)18/h3-8,20H,9-10H2,1-2H3. The maximum absolute atomic E-state index is 6.24. The minimum absolute atomic E-state index is 0.0895. The molecule has 0 fully saturated rings. The molecule has 3 rings (SSSR count). The zero-order chi connectivity index (χ0) is 15.0. The second-order valence-corrected chi connectivity index (χ2v) is 7.61. The van der Waals surface area contributed by atoms with Gasteiger partial charge < -0.3 is 10.1 Å². The third-order valence-corrected chi connectivity index (χ3v) is 4.53. The molecule has 0 aromatic heterocycles. The second-order valence-electron chi connectivity index (χ2n) is 5.96. The number of nitrogens with one attached hydrogen (secondary N) is 1. The summed E-state index contributed by atoms with van der Waals surface area (Å²) in [6, 6.07) is 12.4. The van der Waals surface area contributed by atoms with Crippen molar-refractivity contribution in [1.29, 1.82) is 0 Å². The smallest absolute Gasteiger partial charge is 0.123 e. The van der Waals surface area contributed by atoms with Crippen molar-refractivity contribution in [3.05, 3.63) is 56.1 Å². The molecule has 0 saturated carbocycles. The lowest BCUT2D eigenvalue weighted by Crippen LogP contribution is -2.24. The zero-order valence-corrected chi connectivity index (χ0v) is 15.0. The molecule has 2 aromatic rings. The SMILES string of the molecule is CC1(C)Cc2cc(CNc3ccc(I)cc3Cl)ccc2O1. The third kappa shape index (κ3) is 3.46. The summed E-state index contributed by atoms with van der Waals surface area (Å²) in [5.74, 6) is 1.01. The van der Waals surface area contributed by atoms with Crippen LogP contribution in [0.3, 0.4) is 0 Å². The van der Waals surface area contributed by atoms with Gasteiger partial charge in [-0.3, -0.25) is 0 Å². The van der Waals surface area contributed by atoms with Crippen molar-refractivity contribution in [2.24, 2.45) is 0 Å². The zero-order valence-electron chi connectivity index (χ0n) is 12.0. The fraction of sp³-hybridized carbons (Fsp3) is 0.294. The van der Waals surface area contributed by atoms with Gasteiger partial charge >= 0.3 is 0 Å². The Balaban J connectivity index is 1.72. The second kappa shape index (κ2) is 5.69. The number of hydrogen-bond donors (Lipinski definition) is 1. The highest BCUT2D eigenvalue weighted by atomic mass is 127. The van der Waals surface area contributed by atoms with Gasteiger partial charge in [0.1, 0.15) is 11.4 Å². The van der Waals surface area contributed by atoms with E-state index in [-0.39, 0.29) is 5.60 Å². The van der Waals surface area contributed by atoms with Gasteiger partial charge in [0.25, 0.3) is 0 Å². The fourth-order valence-corrected chi connectivity index (χ4v) is 3.53. The first-order valence-electron chi connectivity index (χ1n) is 6.93. The molecule has 1 N–H and O–H groups in total. The summed E-state index contributed by atoms with van der Waals surface area (Å²) in [7, 11) is 0. The van der Waals surface area contributed by atoms with Gasteiger partial charge in [0, 0.05) is 16.5 Å². The summed E-state index contributed by atoms with van der Waals surface area (Å²) < 4.78 is 7.04. The van der Waals surface area contributed by atoms with Crippen LogP contribution in [0, 0.1) is 3.57 Å². The first-order chi connectivity index (χ1) is 9.93. The Hall–Kier alpha value is -0.940. The van der Waals surface area contributed by atoms with Gasteiger partial charge in [-0.1, -0.05) is 23.7 Å². The molecule has 0 saturated heterocycles. The topological polar surface area (TPSA) is 21.3 Å². The summed E-state index contributed by atoms with van der Waals surface area (Å²) in [4.78, 5) is 0. The molecule has 0 amide bonds. The van der Waals surface area contributed by atoms with Crippen LogP contribution in [0.15, 0.2) is 36.4 Å². The number of hydrogen-bond acceptors (Lipinski definition) is 2. The number of benzene rings is 2. The lowest BCUT2D eigenvalue weighted by atomic mass is 10.0. The highest BCUT2D eigenvalue weighted by Gasteiger charge is 2.29. The molecule has 110 valence electrons. The average Bonchev–Trinajstić information content (AvgIpc) is 2.70. The van der Waals surface area contributed by atoms with Crippen molar-refractivity contribution in [1.82, 2.24) is 0 Å². The molecule has 1 aliphatic rings. The molecule has 4 heteroatoms. The Labute approximate surface area is 144 Å². The lowest BCUT2D eigenvalue weighted by Gasteiger charge is -2.16. The van der Waals surface area contributed by atoms with E-state index in [9.17, 15) is 0 Å². The minimum Gasteiger partial charge on any atom is -0.487 e. The van der Waals surface area contributed by atoms with E-state index in [1.165, 1.54) is 11.1 Å². The predicted molar refractivity (Wildman–Crippen MR) is 96.3 cm³/mol. The van der Waals surface area contributed by atoms with E-state index in [1.54, 1.807) is 0 Å². The summed E-state index contributed by atoms with van der Waals surface area (Å²) in [6.45, 7) is 5.00. The third-order valence-electron chi connectivity index (χ3n) is 3.54. The lowest BCUT2D eigenvalue weighted by molar-refractivity contribution is 0.138. The average molecular weight is 414 g/mol. The molecule has 21 heavy (non-hydrogen) atoms. The Morgan fingerprint density at radius 1 is 1.24 bits per heavy atom. The fourth-order valence-electron chi connectivity index (χ4n) is 2.60. The first kappa shape index (κ1) is 15.0. The van der Waals surface area contributed by atoms with Crippen LogP contribution in [-0.2, 0) is 13.0 Å². The molecular weight excluding hydrogens is 397 g/mol. The molecule has 1 heterocycles. The maximum atomic E-state index is 6.24. The Kier molecular flexibility index (Phi) is 4.06.